The van der Waals surface area contributed by atoms with Crippen LogP contribution in [-0.2, 0) is 11.2 Å². The quantitative estimate of drug-likeness (QED) is 0.730. The fourth-order valence-electron chi connectivity index (χ4n) is 2.88. The first kappa shape index (κ1) is 15.0. The molecule has 7 heteroatoms. The predicted octanol–water partition coefficient (Wildman–Crippen LogP) is 2.75. The van der Waals surface area contributed by atoms with E-state index in [1.54, 1.807) is 23.7 Å². The second kappa shape index (κ2) is 6.52. The Morgan fingerprint density at radius 1 is 1.33 bits per heavy atom. The van der Waals surface area contributed by atoms with Gasteiger partial charge in [0.1, 0.15) is 0 Å². The Kier molecular flexibility index (Phi) is 4.08. The highest BCUT2D eigenvalue weighted by molar-refractivity contribution is 7.10. The van der Waals surface area contributed by atoms with Crippen LogP contribution in [0.3, 0.4) is 0 Å². The molecule has 0 N–H and O–H groups in total. The molecular weight excluding hydrogens is 324 g/mol. The van der Waals surface area contributed by atoms with Crippen LogP contribution in [0.4, 0.5) is 0 Å². The van der Waals surface area contributed by atoms with Gasteiger partial charge in [-0.2, -0.15) is 4.98 Å². The lowest BCUT2D eigenvalue weighted by molar-refractivity contribution is -0.129. The van der Waals surface area contributed by atoms with E-state index in [2.05, 4.69) is 15.1 Å². The molecule has 1 amide bonds. The average Bonchev–Trinajstić information content (AvgIpc) is 3.36. The van der Waals surface area contributed by atoms with Crippen LogP contribution < -0.4 is 0 Å². The van der Waals surface area contributed by atoms with Gasteiger partial charge in [0.25, 0.3) is 5.89 Å². The van der Waals surface area contributed by atoms with Crippen molar-refractivity contribution < 1.29 is 9.32 Å². The van der Waals surface area contributed by atoms with E-state index < -0.39 is 0 Å². The van der Waals surface area contributed by atoms with Gasteiger partial charge in [-0.15, -0.1) is 11.3 Å². The summed E-state index contributed by atoms with van der Waals surface area (Å²) < 4.78 is 5.35. The van der Waals surface area contributed by atoms with E-state index in [0.717, 1.165) is 23.4 Å². The smallest absolute Gasteiger partial charge is 0.258 e. The van der Waals surface area contributed by atoms with Gasteiger partial charge in [-0.05, 0) is 30.0 Å². The van der Waals surface area contributed by atoms with Crippen molar-refractivity contribution in [3.63, 3.8) is 0 Å². The van der Waals surface area contributed by atoms with Gasteiger partial charge in [0.05, 0.1) is 6.42 Å². The third-order valence-corrected chi connectivity index (χ3v) is 5.06. The Labute approximate surface area is 143 Å². The molecule has 0 bridgehead atoms. The van der Waals surface area contributed by atoms with E-state index in [1.807, 2.05) is 34.5 Å². The molecule has 24 heavy (non-hydrogen) atoms. The fraction of sp³-hybridized carbons (Fsp3) is 0.294. The Bertz CT molecular complexity index is 816. The van der Waals surface area contributed by atoms with Gasteiger partial charge < -0.3 is 9.42 Å². The minimum atomic E-state index is 0.136. The zero-order valence-electron chi connectivity index (χ0n) is 13.0. The largest absolute Gasteiger partial charge is 0.342 e. The number of rotatable bonds is 4. The van der Waals surface area contributed by atoms with Gasteiger partial charge in [0.15, 0.2) is 5.82 Å². The molecule has 0 spiro atoms. The Morgan fingerprint density at radius 3 is 3.00 bits per heavy atom. The fourth-order valence-corrected chi connectivity index (χ4v) is 3.58. The Hall–Kier alpha value is -2.54. The molecule has 3 aromatic rings. The van der Waals surface area contributed by atoms with Crippen LogP contribution in [0.25, 0.3) is 11.5 Å². The summed E-state index contributed by atoms with van der Waals surface area (Å²) in [6.07, 6.45) is 4.73. The molecule has 1 fully saturated rings. The van der Waals surface area contributed by atoms with Crippen LogP contribution in [0, 0.1) is 0 Å². The van der Waals surface area contributed by atoms with Crippen LogP contribution in [0.2, 0.25) is 0 Å². The number of amides is 1. The lowest BCUT2D eigenvalue weighted by Crippen LogP contribution is -2.29. The molecule has 1 saturated heterocycles. The Balaban J connectivity index is 1.42. The summed E-state index contributed by atoms with van der Waals surface area (Å²) in [5.41, 5.74) is 0.854. The van der Waals surface area contributed by atoms with Crippen LogP contribution in [0.1, 0.15) is 23.0 Å². The van der Waals surface area contributed by atoms with E-state index in [9.17, 15) is 4.79 Å². The van der Waals surface area contributed by atoms with Crippen molar-refractivity contribution in [3.8, 4) is 11.5 Å². The lowest BCUT2D eigenvalue weighted by Gasteiger charge is -2.15. The lowest BCUT2D eigenvalue weighted by atomic mass is 10.1. The summed E-state index contributed by atoms with van der Waals surface area (Å²) in [4.78, 5) is 23.8. The number of likely N-dealkylation sites (tertiary alicyclic amines) is 1. The highest BCUT2D eigenvalue weighted by Crippen LogP contribution is 2.27. The zero-order chi connectivity index (χ0) is 16.4. The number of nitrogens with zero attached hydrogens (tertiary/aromatic N) is 4. The standard InChI is InChI=1S/C17H16N4O2S/c22-15(10-14-2-1-9-24-14)21-8-5-13(11-21)16-19-17(23-20-16)12-3-6-18-7-4-12/h1-4,6-7,9,13H,5,8,10-11H2. The number of hydrogen-bond acceptors (Lipinski definition) is 6. The van der Waals surface area contributed by atoms with Crippen LogP contribution in [0.15, 0.2) is 46.6 Å². The number of hydrogen-bond donors (Lipinski definition) is 0. The summed E-state index contributed by atoms with van der Waals surface area (Å²) in [7, 11) is 0. The SMILES string of the molecule is O=C(Cc1cccs1)N1CCC(c2noc(-c3ccncc3)n2)C1. The minimum absolute atomic E-state index is 0.136. The molecular formula is C17H16N4O2S. The van der Waals surface area contributed by atoms with E-state index in [1.165, 1.54) is 0 Å². The molecule has 4 rings (SSSR count). The summed E-state index contributed by atoms with van der Waals surface area (Å²) in [6, 6.07) is 7.64. The number of carbonyl (C=O) groups excluding carboxylic acids is 1. The zero-order valence-corrected chi connectivity index (χ0v) is 13.8. The summed E-state index contributed by atoms with van der Waals surface area (Å²) in [5, 5.41) is 6.10. The maximum absolute atomic E-state index is 12.4. The van der Waals surface area contributed by atoms with E-state index in [-0.39, 0.29) is 11.8 Å². The molecule has 1 unspecified atom stereocenters. The summed E-state index contributed by atoms with van der Waals surface area (Å²) >= 11 is 1.62. The monoisotopic (exact) mass is 340 g/mol. The first-order valence-electron chi connectivity index (χ1n) is 7.84. The number of pyridine rings is 1. The molecule has 0 aliphatic carbocycles. The third kappa shape index (κ3) is 3.07. The highest BCUT2D eigenvalue weighted by atomic mass is 32.1. The van der Waals surface area contributed by atoms with Crippen molar-refractivity contribution in [1.82, 2.24) is 20.0 Å². The van der Waals surface area contributed by atoms with Gasteiger partial charge in [-0.3, -0.25) is 9.78 Å². The normalized spacial score (nSPS) is 17.3. The predicted molar refractivity (Wildman–Crippen MR) is 89.5 cm³/mol. The molecule has 1 aliphatic rings. The van der Waals surface area contributed by atoms with Crippen LogP contribution >= 0.6 is 11.3 Å². The minimum Gasteiger partial charge on any atom is -0.342 e. The van der Waals surface area contributed by atoms with Crippen molar-refractivity contribution in [2.24, 2.45) is 0 Å². The van der Waals surface area contributed by atoms with E-state index in [4.69, 9.17) is 4.52 Å². The molecule has 0 aromatic carbocycles. The van der Waals surface area contributed by atoms with Crippen LogP contribution in [-0.4, -0.2) is 39.0 Å². The van der Waals surface area contributed by atoms with Gasteiger partial charge >= 0.3 is 0 Å². The third-order valence-electron chi connectivity index (χ3n) is 4.18. The van der Waals surface area contributed by atoms with E-state index in [0.29, 0.717) is 24.7 Å². The molecule has 1 aliphatic heterocycles. The van der Waals surface area contributed by atoms with Crippen molar-refractivity contribution in [2.45, 2.75) is 18.8 Å². The molecule has 0 saturated carbocycles. The molecule has 3 aromatic heterocycles. The summed E-state index contributed by atoms with van der Waals surface area (Å²) in [5.74, 6) is 1.47. The summed E-state index contributed by atoms with van der Waals surface area (Å²) in [6.45, 7) is 1.40. The number of thiophene rings is 1. The van der Waals surface area contributed by atoms with Crippen LogP contribution in [0.5, 0.6) is 0 Å². The maximum atomic E-state index is 12.4. The molecule has 1 atom stereocenters. The average molecular weight is 340 g/mol. The molecule has 4 heterocycles. The van der Waals surface area contributed by atoms with Crippen molar-refractivity contribution in [1.29, 1.82) is 0 Å². The Morgan fingerprint density at radius 2 is 2.21 bits per heavy atom. The number of carbonyl (C=O) groups is 1. The van der Waals surface area contributed by atoms with Gasteiger partial charge in [-0.1, -0.05) is 11.2 Å². The molecule has 6 nitrogen and oxygen atoms in total. The second-order valence-corrected chi connectivity index (χ2v) is 6.81. The number of aromatic nitrogens is 3. The first-order valence-corrected chi connectivity index (χ1v) is 8.72. The first-order chi connectivity index (χ1) is 11.8. The van der Waals surface area contributed by atoms with Crippen molar-refractivity contribution in [3.05, 3.63) is 52.7 Å². The van der Waals surface area contributed by atoms with Crippen molar-refractivity contribution in [2.75, 3.05) is 13.1 Å². The second-order valence-electron chi connectivity index (χ2n) is 5.78. The molecule has 122 valence electrons. The maximum Gasteiger partial charge on any atom is 0.258 e. The van der Waals surface area contributed by atoms with Gasteiger partial charge in [0.2, 0.25) is 5.91 Å². The highest BCUT2D eigenvalue weighted by Gasteiger charge is 2.30. The topological polar surface area (TPSA) is 72.1 Å². The van der Waals surface area contributed by atoms with Gasteiger partial charge in [0, 0.05) is 41.8 Å². The van der Waals surface area contributed by atoms with Gasteiger partial charge in [-0.25, -0.2) is 0 Å². The molecule has 0 radical (unpaired) electrons. The van der Waals surface area contributed by atoms with E-state index >= 15 is 0 Å². The van der Waals surface area contributed by atoms with Crippen molar-refractivity contribution >= 4 is 17.2 Å².